The van der Waals surface area contributed by atoms with Crippen LogP contribution in [0.1, 0.15) is 416 Å². The third-order valence-corrected chi connectivity index (χ3v) is 40.0. The number of nitrogens with one attached hydrogen (secondary N) is 2. The molecule has 0 spiro atoms. The number of hydrogen-bond donors (Lipinski definition) is 2. The Labute approximate surface area is 898 Å². The Morgan fingerprint density at radius 3 is 1.27 bits per heavy atom. The molecule has 0 aromatic heterocycles. The predicted octanol–water partition coefficient (Wildman–Crippen LogP) is 22.5. The number of nitrogens with zero attached hydrogens (tertiary/aromatic N) is 14. The highest BCUT2D eigenvalue weighted by Crippen LogP contribution is 2.42. The molecule has 23 heteroatoms. The molecule has 0 aromatic rings. The Bertz CT molecular complexity index is 3090. The molecule has 146 heavy (non-hydrogen) atoms. The van der Waals surface area contributed by atoms with Crippen LogP contribution >= 0.6 is 0 Å². The molecule has 22 aliphatic rings. The average Bonchev–Trinajstić information content (AvgIpc) is 0.969. The lowest BCUT2D eigenvalue weighted by Crippen LogP contribution is -2.63. The number of ether oxygens (including phenoxy) is 4. The second-order valence-corrected chi connectivity index (χ2v) is 53.0. The summed E-state index contributed by atoms with van der Waals surface area (Å²) < 4.78 is 60.7. The first kappa shape index (κ1) is 124. The van der Waals surface area contributed by atoms with Crippen LogP contribution in [0.2, 0.25) is 0 Å². The van der Waals surface area contributed by atoms with E-state index in [1.54, 1.807) is 4.90 Å². The molecule has 854 valence electrons. The fourth-order valence-corrected chi connectivity index (χ4v) is 31.9. The standard InChI is InChI=1S/C13H23F3N2.2C12H23N.3C11H22N2.3C11H21NO.C10H20N2.C10H19NO/c1-10(2)18-8-7-17(9-13(14,15)16)11-5-3-4-6-12(11)18;1-10(2)13-9-5-7-11-6-3-4-8-12(11)13;1-10(2)13-8-7-11-5-3-4-6-12(11)9-13;1-9(2)13-7-3-4-10-8-12-6-5-11(10)13;1-10(2)13-8-7-12-6-4-3-5-11(12)9-13;1-9(2)13-8-7-12-10-5-3-4-6-11(10)13;1-9(2)12-7-3-5-10-6-4-8-13-11(10)12;1-9(2)12-6-3-4-10-8-13-7-5-11(10)12;1-9(2)12-7-8-13-11-6-4-3-5-10(11)12;1-9(2)12-7-6-11-5-3-4-10(11)8-12;1-8(2)11-6-3-4-10-9(11)5-7-12-10/h10-12H,3-9H2,1-2H3;2*10-12H,3-9H2,1-2H3;9-12H,3-8H2,1-2H3;10-11H,3-9H2,1-2H3;9-12H,3-8H2,1-2H3;3*9-11H,3-8H2,1-2H3;9-10H,3-8H2,1-2H3;8-10H,3-7H2,1-2H3. The molecule has 0 aromatic carbocycles. The molecule has 0 amide bonds. The molecule has 20 unspecified atom stereocenters. The maximum Gasteiger partial charge on any atom is 0.401 e. The first-order valence-electron chi connectivity index (χ1n) is 63.6. The van der Waals surface area contributed by atoms with Gasteiger partial charge in [-0.1, -0.05) is 77.0 Å². The molecule has 5 aliphatic carbocycles. The number of fused-ring (bicyclic) bond motifs is 11. The van der Waals surface area contributed by atoms with Gasteiger partial charge in [-0.3, -0.25) is 63.7 Å². The van der Waals surface area contributed by atoms with E-state index in [9.17, 15) is 13.2 Å². The zero-order valence-corrected chi connectivity index (χ0v) is 99.2. The molecule has 20 nitrogen and oxygen atoms in total. The summed E-state index contributed by atoms with van der Waals surface area (Å²) >= 11 is 0. The lowest BCUT2D eigenvalue weighted by molar-refractivity contribution is -0.163. The van der Waals surface area contributed by atoms with Gasteiger partial charge in [0.1, 0.15) is 6.23 Å². The van der Waals surface area contributed by atoms with E-state index >= 15 is 0 Å². The maximum absolute atomic E-state index is 12.6. The summed E-state index contributed by atoms with van der Waals surface area (Å²) in [5.74, 6) is 5.76. The van der Waals surface area contributed by atoms with Gasteiger partial charge in [-0.25, -0.2) is 0 Å². The van der Waals surface area contributed by atoms with E-state index in [2.05, 4.69) is 227 Å². The maximum atomic E-state index is 12.6. The van der Waals surface area contributed by atoms with Gasteiger partial charge >= 0.3 is 6.18 Å². The lowest BCUT2D eigenvalue weighted by atomic mass is 9.75. The van der Waals surface area contributed by atoms with E-state index in [0.29, 0.717) is 61.2 Å². The van der Waals surface area contributed by atoms with Gasteiger partial charge in [0.05, 0.1) is 32.0 Å². The number of morpholine rings is 1. The third-order valence-electron chi connectivity index (χ3n) is 40.0. The van der Waals surface area contributed by atoms with Crippen LogP contribution in [0.15, 0.2) is 0 Å². The van der Waals surface area contributed by atoms with Crippen LogP contribution in [0.4, 0.5) is 13.2 Å². The highest BCUT2D eigenvalue weighted by molar-refractivity contribution is 5.01. The van der Waals surface area contributed by atoms with Crippen LogP contribution < -0.4 is 10.6 Å². The largest absolute Gasteiger partial charge is 0.401 e. The van der Waals surface area contributed by atoms with Gasteiger partial charge in [0, 0.05) is 238 Å². The van der Waals surface area contributed by atoms with Crippen molar-refractivity contribution in [3.63, 3.8) is 0 Å². The van der Waals surface area contributed by atoms with Crippen molar-refractivity contribution in [1.29, 1.82) is 0 Å². The molecule has 2 N–H and O–H groups in total. The van der Waals surface area contributed by atoms with Crippen molar-refractivity contribution in [2.45, 2.75) is 573 Å². The molecule has 0 bridgehead atoms. The minimum Gasteiger partial charge on any atom is -0.381 e. The van der Waals surface area contributed by atoms with Gasteiger partial charge < -0.3 is 34.5 Å². The van der Waals surface area contributed by atoms with E-state index in [1.807, 2.05) is 0 Å². The number of hydrogen-bond acceptors (Lipinski definition) is 20. The highest BCUT2D eigenvalue weighted by atomic mass is 19.4. The summed E-state index contributed by atoms with van der Waals surface area (Å²) in [4.78, 5) is 36.0. The van der Waals surface area contributed by atoms with Gasteiger partial charge in [0.2, 0.25) is 0 Å². The second kappa shape index (κ2) is 63.7. The fourth-order valence-electron chi connectivity index (χ4n) is 31.9. The van der Waals surface area contributed by atoms with Gasteiger partial charge in [0.25, 0.3) is 0 Å². The number of alkyl halides is 3. The third kappa shape index (κ3) is 37.6. The summed E-state index contributed by atoms with van der Waals surface area (Å²) in [5, 5.41) is 7.18. The van der Waals surface area contributed by atoms with Crippen molar-refractivity contribution in [3.8, 4) is 0 Å². The number of piperidine rings is 8. The Morgan fingerprint density at radius 1 is 0.253 bits per heavy atom. The first-order chi connectivity index (χ1) is 70.2. The molecule has 22 fully saturated rings. The van der Waals surface area contributed by atoms with Crippen LogP contribution in [0.25, 0.3) is 0 Å². The summed E-state index contributed by atoms with van der Waals surface area (Å²) in [5.41, 5.74) is 0. The lowest BCUT2D eigenvalue weighted by Gasteiger charge is -2.51. The Hall–Kier alpha value is -1.01. The normalized spacial score (nSPS) is 35.1. The highest BCUT2D eigenvalue weighted by Gasteiger charge is 2.47. The number of likely N-dealkylation sites (tertiary alicyclic amines) is 6. The monoisotopic (exact) mass is 2060 g/mol. The van der Waals surface area contributed by atoms with E-state index in [4.69, 9.17) is 18.9 Å². The quantitative estimate of drug-likeness (QED) is 0.193. The number of rotatable bonds is 12. The Morgan fingerprint density at radius 2 is 0.664 bits per heavy atom. The van der Waals surface area contributed by atoms with Gasteiger partial charge in [-0.2, -0.15) is 13.2 Å². The van der Waals surface area contributed by atoms with Gasteiger partial charge in [-0.05, 0) is 433 Å². The molecule has 17 saturated heterocycles. The van der Waals surface area contributed by atoms with E-state index in [0.717, 1.165) is 198 Å². The average molecular weight is 2060 g/mol. The number of piperazine rings is 4. The van der Waals surface area contributed by atoms with Crippen molar-refractivity contribution in [1.82, 2.24) is 79.2 Å². The topological polar surface area (TPSA) is 106 Å². The van der Waals surface area contributed by atoms with E-state index < -0.39 is 12.7 Å². The van der Waals surface area contributed by atoms with Crippen molar-refractivity contribution in [2.75, 3.05) is 184 Å². The van der Waals surface area contributed by atoms with Crippen LogP contribution in [0.3, 0.4) is 0 Å². The smallest absolute Gasteiger partial charge is 0.381 e. The van der Waals surface area contributed by atoms with Gasteiger partial charge in [-0.15, -0.1) is 0 Å². The molecule has 20 atom stereocenters. The predicted molar refractivity (Wildman–Crippen MR) is 608 cm³/mol. The zero-order chi connectivity index (χ0) is 105. The summed E-state index contributed by atoms with van der Waals surface area (Å²) in [6, 6.07) is 15.6. The Balaban J connectivity index is 0.000000143. The summed E-state index contributed by atoms with van der Waals surface area (Å²) in [6.07, 6.45) is 53.8. The molecule has 17 aliphatic heterocycles. The van der Waals surface area contributed by atoms with Gasteiger partial charge in [0.15, 0.2) is 0 Å². The fraction of sp³-hybridized carbons (Fsp3) is 1.00. The molecule has 17 heterocycles. The van der Waals surface area contributed by atoms with Crippen LogP contribution in [-0.4, -0.2) is 410 Å². The number of halogens is 3. The van der Waals surface area contributed by atoms with E-state index in [-0.39, 0.29) is 6.04 Å². The zero-order valence-electron chi connectivity index (χ0n) is 99.2. The minimum absolute atomic E-state index is 0.108. The van der Waals surface area contributed by atoms with Crippen molar-refractivity contribution >= 4 is 0 Å². The molecular weight excluding hydrogens is 1820 g/mol. The van der Waals surface area contributed by atoms with Crippen molar-refractivity contribution in [3.05, 3.63) is 0 Å². The molecule has 5 saturated carbocycles. The van der Waals surface area contributed by atoms with Crippen LogP contribution in [0, 0.1) is 35.5 Å². The molecular formula is C123H237F3N16O4. The van der Waals surface area contributed by atoms with Crippen molar-refractivity contribution in [2.24, 2.45) is 35.5 Å². The first-order valence-corrected chi connectivity index (χ1v) is 63.6. The van der Waals surface area contributed by atoms with E-state index in [1.165, 1.54) is 362 Å². The van der Waals surface area contributed by atoms with Crippen LogP contribution in [0.5, 0.6) is 0 Å². The summed E-state index contributed by atoms with van der Waals surface area (Å²) in [7, 11) is 0. The van der Waals surface area contributed by atoms with Crippen LogP contribution in [-0.2, 0) is 18.9 Å². The minimum atomic E-state index is -4.07. The summed E-state index contributed by atoms with van der Waals surface area (Å²) in [6.45, 7) is 82.0. The molecule has 0 radical (unpaired) electrons. The molecule has 22 rings (SSSR count). The SMILES string of the molecule is CC(C)N1CCC2CCCCC2C1.CC(C)N1CCCC2CCCCC21.CC(C)N1CCCC2CCCOC21.CC(C)N1CCCC2CNCCC21.CC(C)N1CCCC2COCCC21.CC(C)N1CCCC2OCCC21.CC(C)N1CCN(CC(F)(F)F)C2CCCCC21.CC(C)N1CCN2CCCC2C1.CC(C)N1CCN2CCCCC2C1.CC(C)N1CCNC2CCCCC21.CC(C)N1CCOC2CCCCC21. The Kier molecular flexibility index (Phi) is 53.9. The second-order valence-electron chi connectivity index (χ2n) is 53.0. The van der Waals surface area contributed by atoms with Crippen molar-refractivity contribution < 1.29 is 32.1 Å².